The number of hydrogen-bond donors (Lipinski definition) is 1. The molecule has 21 heavy (non-hydrogen) atoms. The van der Waals surface area contributed by atoms with Crippen LogP contribution in [0.2, 0.25) is 5.02 Å². The fourth-order valence-electron chi connectivity index (χ4n) is 2.13. The minimum atomic E-state index is -4.01. The Morgan fingerprint density at radius 3 is 2.86 bits per heavy atom. The Balaban J connectivity index is 2.38. The zero-order valence-electron chi connectivity index (χ0n) is 10.8. The molecule has 116 valence electrons. The largest absolute Gasteiger partial charge is 0.481 e. The average molecular weight is 338 g/mol. The molecule has 1 aliphatic rings. The molecule has 1 aliphatic heterocycles. The molecule has 1 atom stereocenters. The van der Waals surface area contributed by atoms with Gasteiger partial charge < -0.3 is 9.84 Å². The Hall–Kier alpha value is -1.22. The molecule has 2 rings (SSSR count). The van der Waals surface area contributed by atoms with Crippen LogP contribution in [0.4, 0.5) is 4.39 Å². The van der Waals surface area contributed by atoms with E-state index in [-0.39, 0.29) is 36.1 Å². The predicted octanol–water partition coefficient (Wildman–Crippen LogP) is 1.34. The molecule has 9 heteroatoms. The Bertz CT molecular complexity index is 651. The molecule has 1 heterocycles. The quantitative estimate of drug-likeness (QED) is 0.896. The van der Waals surface area contributed by atoms with E-state index in [0.717, 1.165) is 22.5 Å². The van der Waals surface area contributed by atoms with Crippen molar-refractivity contribution in [1.82, 2.24) is 4.31 Å². The molecule has 0 saturated carbocycles. The van der Waals surface area contributed by atoms with Gasteiger partial charge in [-0.1, -0.05) is 11.6 Å². The third-order valence-electron chi connectivity index (χ3n) is 3.06. The number of hydrogen-bond acceptors (Lipinski definition) is 4. The molecule has 1 saturated heterocycles. The zero-order valence-corrected chi connectivity index (χ0v) is 12.4. The molecule has 0 aromatic heterocycles. The Kier molecular flexibility index (Phi) is 4.82. The molecule has 6 nitrogen and oxygen atoms in total. The number of carboxylic acid groups (broad SMARTS) is 1. The molecule has 1 N–H and O–H groups in total. The van der Waals surface area contributed by atoms with Crippen molar-refractivity contribution in [2.75, 3.05) is 19.8 Å². The van der Waals surface area contributed by atoms with Crippen LogP contribution in [0.1, 0.15) is 6.42 Å². The van der Waals surface area contributed by atoms with Gasteiger partial charge in [-0.25, -0.2) is 12.8 Å². The summed E-state index contributed by atoms with van der Waals surface area (Å²) >= 11 is 5.79. The molecular weight excluding hydrogens is 325 g/mol. The maximum atomic E-state index is 13.0. The monoisotopic (exact) mass is 337 g/mol. The molecule has 1 aromatic carbocycles. The first-order valence-corrected chi connectivity index (χ1v) is 7.90. The van der Waals surface area contributed by atoms with Gasteiger partial charge in [0.25, 0.3) is 0 Å². The minimum absolute atomic E-state index is 0.00958. The molecule has 0 radical (unpaired) electrons. The molecule has 0 amide bonds. The maximum Gasteiger partial charge on any atom is 0.305 e. The SMILES string of the molecule is O=C(O)CC1COCCN1S(=O)(=O)c1ccc(F)cc1Cl. The summed E-state index contributed by atoms with van der Waals surface area (Å²) in [7, 11) is -4.01. The lowest BCUT2D eigenvalue weighted by Crippen LogP contribution is -2.49. The second-order valence-electron chi connectivity index (χ2n) is 4.52. The highest BCUT2D eigenvalue weighted by atomic mass is 35.5. The standard InChI is InChI=1S/C12H13ClFNO5S/c13-10-5-8(14)1-2-11(10)21(18,19)15-3-4-20-7-9(15)6-12(16)17/h1-2,5,9H,3-4,6-7H2,(H,16,17). The van der Waals surface area contributed by atoms with E-state index in [1.165, 1.54) is 0 Å². The third-order valence-corrected chi connectivity index (χ3v) is 5.50. The van der Waals surface area contributed by atoms with Crippen LogP contribution in [0.3, 0.4) is 0 Å². The highest BCUT2D eigenvalue weighted by molar-refractivity contribution is 7.89. The number of sulfonamides is 1. The number of carboxylic acids is 1. The number of benzene rings is 1. The van der Waals surface area contributed by atoms with Crippen molar-refractivity contribution in [1.29, 1.82) is 0 Å². The van der Waals surface area contributed by atoms with Crippen LogP contribution in [0, 0.1) is 5.82 Å². The molecular formula is C12H13ClFNO5S. The molecule has 1 fully saturated rings. The van der Waals surface area contributed by atoms with Crippen LogP contribution in [0.15, 0.2) is 23.1 Å². The predicted molar refractivity (Wildman–Crippen MR) is 72.2 cm³/mol. The van der Waals surface area contributed by atoms with E-state index in [4.69, 9.17) is 21.4 Å². The summed E-state index contributed by atoms with van der Waals surface area (Å²) in [6.45, 7) is 0.173. The first-order valence-electron chi connectivity index (χ1n) is 6.09. The van der Waals surface area contributed by atoms with E-state index in [0.29, 0.717) is 0 Å². The van der Waals surface area contributed by atoms with Gasteiger partial charge in [0.15, 0.2) is 0 Å². The highest BCUT2D eigenvalue weighted by Crippen LogP contribution is 2.28. The van der Waals surface area contributed by atoms with Crippen molar-refractivity contribution in [3.8, 4) is 0 Å². The summed E-state index contributed by atoms with van der Waals surface area (Å²) in [6.07, 6.45) is -0.377. The third kappa shape index (κ3) is 3.52. The number of carbonyl (C=O) groups is 1. The Morgan fingerprint density at radius 1 is 1.52 bits per heavy atom. The summed E-state index contributed by atoms with van der Waals surface area (Å²) in [6, 6.07) is 2.15. The highest BCUT2D eigenvalue weighted by Gasteiger charge is 2.36. The van der Waals surface area contributed by atoms with Gasteiger partial charge in [-0.15, -0.1) is 0 Å². The normalized spacial score (nSPS) is 20.4. The van der Waals surface area contributed by atoms with E-state index in [1.807, 2.05) is 0 Å². The van der Waals surface area contributed by atoms with Crippen LogP contribution < -0.4 is 0 Å². The number of aliphatic carboxylic acids is 1. The topological polar surface area (TPSA) is 83.9 Å². The second-order valence-corrected chi connectivity index (χ2v) is 6.78. The molecule has 0 bridgehead atoms. The lowest BCUT2D eigenvalue weighted by molar-refractivity contribution is -0.139. The Labute approximate surface area is 126 Å². The fraction of sp³-hybridized carbons (Fsp3) is 0.417. The van der Waals surface area contributed by atoms with Gasteiger partial charge in [0.1, 0.15) is 10.7 Å². The molecule has 0 aliphatic carbocycles. The van der Waals surface area contributed by atoms with E-state index in [1.54, 1.807) is 0 Å². The smallest absolute Gasteiger partial charge is 0.305 e. The zero-order chi connectivity index (χ0) is 15.6. The first kappa shape index (κ1) is 16.2. The summed E-state index contributed by atoms with van der Waals surface area (Å²) in [5, 5.41) is 8.62. The summed E-state index contributed by atoms with van der Waals surface area (Å²) < 4.78 is 44.4. The van der Waals surface area contributed by atoms with Crippen molar-refractivity contribution in [3.63, 3.8) is 0 Å². The number of nitrogens with zero attached hydrogens (tertiary/aromatic N) is 1. The molecule has 0 spiro atoms. The minimum Gasteiger partial charge on any atom is -0.481 e. The lowest BCUT2D eigenvalue weighted by atomic mass is 10.2. The van der Waals surface area contributed by atoms with E-state index in [9.17, 15) is 17.6 Å². The molecule has 1 unspecified atom stereocenters. The number of rotatable bonds is 4. The van der Waals surface area contributed by atoms with Gasteiger partial charge in [-0.2, -0.15) is 4.31 Å². The average Bonchev–Trinajstić information content (AvgIpc) is 2.37. The number of halogens is 2. The maximum absolute atomic E-state index is 13.0. The lowest BCUT2D eigenvalue weighted by Gasteiger charge is -2.33. The van der Waals surface area contributed by atoms with Gasteiger partial charge in [0.2, 0.25) is 10.0 Å². The summed E-state index contributed by atoms with van der Waals surface area (Å²) in [4.78, 5) is 10.6. The summed E-state index contributed by atoms with van der Waals surface area (Å²) in [5.41, 5.74) is 0. The van der Waals surface area contributed by atoms with Crippen molar-refractivity contribution >= 4 is 27.6 Å². The summed E-state index contributed by atoms with van der Waals surface area (Å²) in [5.74, 6) is -1.78. The van der Waals surface area contributed by atoms with Crippen LogP contribution in [0.5, 0.6) is 0 Å². The van der Waals surface area contributed by atoms with Gasteiger partial charge in [0, 0.05) is 6.54 Å². The van der Waals surface area contributed by atoms with Crippen LogP contribution >= 0.6 is 11.6 Å². The van der Waals surface area contributed by atoms with Crippen molar-refractivity contribution in [2.45, 2.75) is 17.4 Å². The van der Waals surface area contributed by atoms with Crippen molar-refractivity contribution in [3.05, 3.63) is 29.0 Å². The van der Waals surface area contributed by atoms with Crippen molar-refractivity contribution < 1.29 is 27.4 Å². The first-order chi connectivity index (χ1) is 9.82. The molecule has 1 aromatic rings. The number of morpholine rings is 1. The van der Waals surface area contributed by atoms with E-state index < -0.39 is 27.9 Å². The number of ether oxygens (including phenoxy) is 1. The van der Waals surface area contributed by atoms with Gasteiger partial charge in [0.05, 0.1) is 30.7 Å². The van der Waals surface area contributed by atoms with Gasteiger partial charge in [-0.05, 0) is 18.2 Å². The second kappa shape index (κ2) is 6.27. The van der Waals surface area contributed by atoms with E-state index >= 15 is 0 Å². The van der Waals surface area contributed by atoms with Gasteiger partial charge in [-0.3, -0.25) is 4.79 Å². The van der Waals surface area contributed by atoms with Gasteiger partial charge >= 0.3 is 5.97 Å². The Morgan fingerprint density at radius 2 is 2.24 bits per heavy atom. The van der Waals surface area contributed by atoms with Crippen molar-refractivity contribution in [2.24, 2.45) is 0 Å². The van der Waals surface area contributed by atoms with E-state index in [2.05, 4.69) is 0 Å². The van der Waals surface area contributed by atoms with Crippen LogP contribution in [-0.4, -0.2) is 49.6 Å². The van der Waals surface area contributed by atoms with Crippen LogP contribution in [-0.2, 0) is 19.6 Å². The van der Waals surface area contributed by atoms with Crippen LogP contribution in [0.25, 0.3) is 0 Å². The fourth-order valence-corrected chi connectivity index (χ4v) is 4.23.